The summed E-state index contributed by atoms with van der Waals surface area (Å²) in [5.74, 6) is 0.614. The van der Waals surface area contributed by atoms with Gasteiger partial charge in [0, 0.05) is 28.6 Å². The molecule has 0 saturated carbocycles. The molecule has 0 radical (unpaired) electrons. The molecule has 0 amide bonds. The minimum absolute atomic E-state index is 0.00223. The van der Waals surface area contributed by atoms with Crippen molar-refractivity contribution in [3.63, 3.8) is 0 Å². The minimum atomic E-state index is -4.46. The Morgan fingerprint density at radius 3 is 2.45 bits per heavy atom. The first kappa shape index (κ1) is 19.6. The molecular weight excluding hydrogens is 407 g/mol. The molecule has 1 aromatic heterocycles. The Morgan fingerprint density at radius 1 is 1.07 bits per heavy atom. The van der Waals surface area contributed by atoms with Gasteiger partial charge in [0.05, 0.1) is 16.3 Å². The zero-order valence-electron chi connectivity index (χ0n) is 15.9. The first-order valence-electron chi connectivity index (χ1n) is 8.89. The van der Waals surface area contributed by atoms with Crippen LogP contribution in [0.3, 0.4) is 0 Å². The van der Waals surface area contributed by atoms with Crippen molar-refractivity contribution in [2.45, 2.75) is 33.5 Å². The number of hydrogen-bond donors (Lipinski definition) is 0. The molecule has 2 heterocycles. The monoisotopic (exact) mass is 423 g/mol. The van der Waals surface area contributed by atoms with Gasteiger partial charge in [0.2, 0.25) is 0 Å². The number of alkyl halides is 3. The second-order valence-corrected chi connectivity index (χ2v) is 7.55. The van der Waals surface area contributed by atoms with Crippen molar-refractivity contribution < 1.29 is 22.3 Å². The van der Waals surface area contributed by atoms with E-state index < -0.39 is 11.7 Å². The summed E-state index contributed by atoms with van der Waals surface area (Å²) in [5, 5.41) is 0.810. The van der Waals surface area contributed by atoms with E-state index in [0.717, 1.165) is 34.2 Å². The first-order chi connectivity index (χ1) is 13.6. The number of fused-ring (bicyclic) bond motifs is 2. The standard InChI is InChI=1S/C21H17ClF3NO3/c1-10-11(2)20(27)29-19-12(3)18-13(6-15(10)19)8-26(9-28-18)17-5-4-14(7-16(17)22)21(23,24)25/h4-7H,8-9H2,1-3H3. The third-order valence-corrected chi connectivity index (χ3v) is 5.65. The topological polar surface area (TPSA) is 42.7 Å². The molecule has 1 aliphatic heterocycles. The average molecular weight is 424 g/mol. The van der Waals surface area contributed by atoms with Gasteiger partial charge in [0.25, 0.3) is 0 Å². The summed E-state index contributed by atoms with van der Waals surface area (Å²) in [7, 11) is 0. The molecule has 152 valence electrons. The fraction of sp³-hybridized carbons (Fsp3) is 0.286. The molecule has 0 N–H and O–H groups in total. The number of nitrogens with zero attached hydrogens (tertiary/aromatic N) is 1. The molecule has 2 aromatic carbocycles. The quantitative estimate of drug-likeness (QED) is 0.467. The van der Waals surface area contributed by atoms with E-state index in [4.69, 9.17) is 20.8 Å². The molecular formula is C21H17ClF3NO3. The van der Waals surface area contributed by atoms with Crippen molar-refractivity contribution in [1.29, 1.82) is 0 Å². The van der Waals surface area contributed by atoms with Crippen LogP contribution in [0.25, 0.3) is 11.0 Å². The summed E-state index contributed by atoms with van der Waals surface area (Å²) in [6.45, 7) is 5.89. The van der Waals surface area contributed by atoms with Gasteiger partial charge in [-0.25, -0.2) is 4.79 Å². The Bertz CT molecular complexity index is 1200. The van der Waals surface area contributed by atoms with E-state index in [2.05, 4.69) is 0 Å². The van der Waals surface area contributed by atoms with E-state index in [1.807, 2.05) is 19.9 Å². The molecule has 4 nitrogen and oxygen atoms in total. The van der Waals surface area contributed by atoms with Crippen LogP contribution in [0.2, 0.25) is 5.02 Å². The highest BCUT2D eigenvalue weighted by Crippen LogP contribution is 2.40. The minimum Gasteiger partial charge on any atom is -0.472 e. The summed E-state index contributed by atoms with van der Waals surface area (Å²) in [4.78, 5) is 13.8. The van der Waals surface area contributed by atoms with Crippen LogP contribution < -0.4 is 15.3 Å². The van der Waals surface area contributed by atoms with Gasteiger partial charge < -0.3 is 14.1 Å². The van der Waals surface area contributed by atoms with Crippen LogP contribution in [-0.4, -0.2) is 6.73 Å². The predicted octanol–water partition coefficient (Wildman–Crippen LogP) is 5.75. The SMILES string of the molecule is Cc1c(C)c2cc3c(c(C)c2oc1=O)OCN(c1ccc(C(F)(F)F)cc1Cl)C3. The van der Waals surface area contributed by atoms with Gasteiger partial charge in [-0.2, -0.15) is 13.2 Å². The Hall–Kier alpha value is -2.67. The van der Waals surface area contributed by atoms with Crippen LogP contribution in [0.1, 0.15) is 27.8 Å². The molecule has 0 spiro atoms. The summed E-state index contributed by atoms with van der Waals surface area (Å²) >= 11 is 6.14. The molecule has 0 saturated heterocycles. The van der Waals surface area contributed by atoms with Crippen LogP contribution in [0.15, 0.2) is 33.5 Å². The van der Waals surface area contributed by atoms with Crippen molar-refractivity contribution in [2.24, 2.45) is 0 Å². The van der Waals surface area contributed by atoms with Crippen molar-refractivity contribution in [3.8, 4) is 5.75 Å². The van der Waals surface area contributed by atoms with Gasteiger partial charge >= 0.3 is 11.8 Å². The van der Waals surface area contributed by atoms with Crippen molar-refractivity contribution in [2.75, 3.05) is 11.6 Å². The Balaban J connectivity index is 1.77. The maximum absolute atomic E-state index is 12.9. The van der Waals surface area contributed by atoms with Gasteiger partial charge in [0.1, 0.15) is 11.3 Å². The molecule has 0 fully saturated rings. The highest BCUT2D eigenvalue weighted by Gasteiger charge is 2.32. The van der Waals surface area contributed by atoms with E-state index in [1.54, 1.807) is 11.8 Å². The average Bonchev–Trinajstić information content (AvgIpc) is 2.66. The molecule has 0 unspecified atom stereocenters. The number of halogens is 4. The van der Waals surface area contributed by atoms with Gasteiger partial charge in [0.15, 0.2) is 6.73 Å². The van der Waals surface area contributed by atoms with E-state index in [9.17, 15) is 18.0 Å². The lowest BCUT2D eigenvalue weighted by Crippen LogP contribution is -2.32. The summed E-state index contributed by atoms with van der Waals surface area (Å²) in [6, 6.07) is 5.17. The van der Waals surface area contributed by atoms with Gasteiger partial charge in [-0.1, -0.05) is 11.6 Å². The third-order valence-electron chi connectivity index (χ3n) is 5.35. The van der Waals surface area contributed by atoms with E-state index >= 15 is 0 Å². The Kier molecular flexibility index (Phi) is 4.53. The number of hydrogen-bond acceptors (Lipinski definition) is 4. The summed E-state index contributed by atoms with van der Waals surface area (Å²) in [6.07, 6.45) is -4.46. The second kappa shape index (κ2) is 6.69. The van der Waals surface area contributed by atoms with E-state index in [1.165, 1.54) is 6.07 Å². The van der Waals surface area contributed by atoms with Gasteiger partial charge in [-0.3, -0.25) is 0 Å². The van der Waals surface area contributed by atoms with Crippen LogP contribution in [0.4, 0.5) is 18.9 Å². The Morgan fingerprint density at radius 2 is 1.79 bits per heavy atom. The largest absolute Gasteiger partial charge is 0.472 e. The maximum atomic E-state index is 12.9. The number of benzene rings is 2. The highest BCUT2D eigenvalue weighted by atomic mass is 35.5. The molecule has 4 rings (SSSR count). The molecule has 1 aliphatic rings. The van der Waals surface area contributed by atoms with Gasteiger partial charge in [-0.05, 0) is 50.6 Å². The van der Waals surface area contributed by atoms with Crippen LogP contribution in [0.5, 0.6) is 5.75 Å². The highest BCUT2D eigenvalue weighted by molar-refractivity contribution is 6.33. The summed E-state index contributed by atoms with van der Waals surface area (Å²) < 4.78 is 50.1. The van der Waals surface area contributed by atoms with Gasteiger partial charge in [-0.15, -0.1) is 0 Å². The lowest BCUT2D eigenvalue weighted by molar-refractivity contribution is -0.137. The van der Waals surface area contributed by atoms with Crippen molar-refractivity contribution in [3.05, 3.63) is 67.5 Å². The molecule has 0 atom stereocenters. The van der Waals surface area contributed by atoms with Crippen molar-refractivity contribution >= 4 is 28.3 Å². The number of rotatable bonds is 1. The van der Waals surface area contributed by atoms with E-state index in [0.29, 0.717) is 29.1 Å². The van der Waals surface area contributed by atoms with Crippen LogP contribution >= 0.6 is 11.6 Å². The maximum Gasteiger partial charge on any atom is 0.416 e. The second-order valence-electron chi connectivity index (χ2n) is 7.14. The number of ether oxygens (including phenoxy) is 1. The van der Waals surface area contributed by atoms with Crippen molar-refractivity contribution in [1.82, 2.24) is 0 Å². The van der Waals surface area contributed by atoms with Crippen LogP contribution in [0, 0.1) is 20.8 Å². The molecule has 29 heavy (non-hydrogen) atoms. The lowest BCUT2D eigenvalue weighted by Gasteiger charge is -2.32. The lowest BCUT2D eigenvalue weighted by atomic mass is 9.99. The third kappa shape index (κ3) is 3.23. The zero-order chi connectivity index (χ0) is 21.1. The van der Waals surface area contributed by atoms with Crippen LogP contribution in [-0.2, 0) is 12.7 Å². The smallest absolute Gasteiger partial charge is 0.416 e. The summed E-state index contributed by atoms with van der Waals surface area (Å²) in [5.41, 5.74) is 2.68. The zero-order valence-corrected chi connectivity index (χ0v) is 16.7. The van der Waals surface area contributed by atoms with E-state index in [-0.39, 0.29) is 17.4 Å². The molecule has 0 aliphatic carbocycles. The number of anilines is 1. The fourth-order valence-corrected chi connectivity index (χ4v) is 3.89. The normalized spacial score (nSPS) is 14.1. The predicted molar refractivity (Wildman–Crippen MR) is 105 cm³/mol. The molecule has 0 bridgehead atoms. The Labute approximate surface area is 169 Å². The first-order valence-corrected chi connectivity index (χ1v) is 9.26. The number of aryl methyl sites for hydroxylation is 2. The molecule has 3 aromatic rings. The molecule has 8 heteroatoms. The fourth-order valence-electron chi connectivity index (χ4n) is 3.59.